The fraction of sp³-hybridized carbons (Fsp3) is 0.333. The van der Waals surface area contributed by atoms with Crippen LogP contribution in [0.2, 0.25) is 0 Å². The third-order valence-electron chi connectivity index (χ3n) is 3.07. The first-order chi connectivity index (χ1) is 9.49. The molecule has 0 unspecified atom stereocenters. The van der Waals surface area contributed by atoms with Crippen molar-refractivity contribution in [1.82, 2.24) is 4.98 Å². The van der Waals surface area contributed by atoms with Gasteiger partial charge in [0.05, 0.1) is 23.4 Å². The lowest BCUT2D eigenvalue weighted by Crippen LogP contribution is -2.06. The van der Waals surface area contributed by atoms with Crippen molar-refractivity contribution in [3.8, 4) is 5.75 Å². The van der Waals surface area contributed by atoms with Gasteiger partial charge >= 0.3 is 0 Å². The van der Waals surface area contributed by atoms with Crippen LogP contribution in [0.1, 0.15) is 33.4 Å². The van der Waals surface area contributed by atoms with Crippen molar-refractivity contribution < 1.29 is 13.9 Å². The largest absolute Gasteiger partial charge is 0.492 e. The Bertz CT molecular complexity index is 637. The van der Waals surface area contributed by atoms with Crippen molar-refractivity contribution in [2.75, 3.05) is 6.61 Å². The van der Waals surface area contributed by atoms with E-state index in [2.05, 4.69) is 4.98 Å². The maximum absolute atomic E-state index is 13.5. The molecule has 0 radical (unpaired) electrons. The van der Waals surface area contributed by atoms with Crippen LogP contribution in [0.25, 0.3) is 0 Å². The van der Waals surface area contributed by atoms with Crippen LogP contribution in [0, 0.1) is 19.7 Å². The first-order valence-corrected chi connectivity index (χ1v) is 7.20. The SMILES string of the molecule is CC(=O)c1cc(F)c(C)cc1OCCc1scnc1C. The molecule has 1 aromatic heterocycles. The van der Waals surface area contributed by atoms with Crippen LogP contribution in [0.15, 0.2) is 17.6 Å². The van der Waals surface area contributed by atoms with Crippen LogP contribution in [-0.2, 0) is 6.42 Å². The van der Waals surface area contributed by atoms with E-state index in [0.717, 1.165) is 17.0 Å². The number of thiazole rings is 1. The van der Waals surface area contributed by atoms with Gasteiger partial charge in [0.15, 0.2) is 5.78 Å². The summed E-state index contributed by atoms with van der Waals surface area (Å²) in [5, 5.41) is 0. The van der Waals surface area contributed by atoms with Gasteiger partial charge in [-0.15, -0.1) is 11.3 Å². The summed E-state index contributed by atoms with van der Waals surface area (Å²) in [5.41, 5.74) is 3.56. The number of aryl methyl sites for hydroxylation is 2. The van der Waals surface area contributed by atoms with E-state index in [1.54, 1.807) is 29.8 Å². The molecule has 0 aliphatic carbocycles. The number of rotatable bonds is 5. The standard InChI is InChI=1S/C15H16FNO2S/c1-9-6-14(12(11(3)18)7-13(9)16)19-5-4-15-10(2)17-8-20-15/h6-8H,4-5H2,1-3H3. The minimum Gasteiger partial charge on any atom is -0.492 e. The molecule has 1 aromatic carbocycles. The molecule has 3 nitrogen and oxygen atoms in total. The van der Waals surface area contributed by atoms with Gasteiger partial charge in [0.25, 0.3) is 0 Å². The number of aromatic nitrogens is 1. The van der Waals surface area contributed by atoms with Crippen LogP contribution in [0.3, 0.4) is 0 Å². The maximum atomic E-state index is 13.5. The van der Waals surface area contributed by atoms with Gasteiger partial charge in [-0.2, -0.15) is 0 Å². The predicted octanol–water partition coefficient (Wildman–Crippen LogP) is 3.72. The van der Waals surface area contributed by atoms with Crippen molar-refractivity contribution in [2.45, 2.75) is 27.2 Å². The lowest BCUT2D eigenvalue weighted by molar-refractivity contribution is 0.101. The van der Waals surface area contributed by atoms with Crippen molar-refractivity contribution in [3.05, 3.63) is 45.2 Å². The second-order valence-corrected chi connectivity index (χ2v) is 5.55. The second-order valence-electron chi connectivity index (χ2n) is 4.61. The Labute approximate surface area is 121 Å². The average molecular weight is 293 g/mol. The molecule has 0 fully saturated rings. The lowest BCUT2D eigenvalue weighted by Gasteiger charge is -2.11. The number of halogens is 1. The Balaban J connectivity index is 2.11. The molecule has 0 bridgehead atoms. The number of Topliss-reactive ketones (excluding diaryl/α,β-unsaturated/α-hetero) is 1. The molecule has 0 aliphatic rings. The van der Waals surface area contributed by atoms with E-state index in [1.807, 2.05) is 6.92 Å². The second kappa shape index (κ2) is 6.13. The highest BCUT2D eigenvalue weighted by atomic mass is 32.1. The zero-order valence-electron chi connectivity index (χ0n) is 11.7. The summed E-state index contributed by atoms with van der Waals surface area (Å²) in [6.07, 6.45) is 0.726. The minimum absolute atomic E-state index is 0.201. The Kier molecular flexibility index (Phi) is 4.49. The monoisotopic (exact) mass is 293 g/mol. The van der Waals surface area contributed by atoms with Crippen molar-refractivity contribution >= 4 is 17.1 Å². The van der Waals surface area contributed by atoms with Gasteiger partial charge in [0.2, 0.25) is 0 Å². The number of nitrogens with zero attached hydrogens (tertiary/aromatic N) is 1. The summed E-state index contributed by atoms with van der Waals surface area (Å²) in [4.78, 5) is 16.9. The summed E-state index contributed by atoms with van der Waals surface area (Å²) in [7, 11) is 0. The van der Waals surface area contributed by atoms with E-state index in [0.29, 0.717) is 17.9 Å². The van der Waals surface area contributed by atoms with Crippen molar-refractivity contribution in [2.24, 2.45) is 0 Å². The van der Waals surface area contributed by atoms with Gasteiger partial charge in [-0.3, -0.25) is 4.79 Å². The van der Waals surface area contributed by atoms with E-state index in [9.17, 15) is 9.18 Å². The number of ketones is 1. The average Bonchev–Trinajstić information content (AvgIpc) is 2.79. The van der Waals surface area contributed by atoms with Crippen LogP contribution in [0.5, 0.6) is 5.75 Å². The molecule has 0 N–H and O–H groups in total. The first kappa shape index (κ1) is 14.7. The molecule has 0 saturated heterocycles. The molecule has 106 valence electrons. The lowest BCUT2D eigenvalue weighted by atomic mass is 10.1. The van der Waals surface area contributed by atoms with Crippen LogP contribution < -0.4 is 4.74 Å². The molecule has 5 heteroatoms. The highest BCUT2D eigenvalue weighted by Crippen LogP contribution is 2.24. The van der Waals surface area contributed by atoms with Gasteiger partial charge in [0, 0.05) is 11.3 Å². The smallest absolute Gasteiger partial charge is 0.163 e. The fourth-order valence-electron chi connectivity index (χ4n) is 1.87. The molecule has 20 heavy (non-hydrogen) atoms. The number of benzene rings is 1. The molecule has 2 rings (SSSR count). The molecule has 1 heterocycles. The highest BCUT2D eigenvalue weighted by Gasteiger charge is 2.13. The molecule has 0 spiro atoms. The quantitative estimate of drug-likeness (QED) is 0.789. The van der Waals surface area contributed by atoms with Crippen LogP contribution >= 0.6 is 11.3 Å². The number of hydrogen-bond donors (Lipinski definition) is 0. The van der Waals surface area contributed by atoms with Crippen LogP contribution in [-0.4, -0.2) is 17.4 Å². The van der Waals surface area contributed by atoms with E-state index >= 15 is 0 Å². The van der Waals surface area contributed by atoms with Crippen LogP contribution in [0.4, 0.5) is 4.39 Å². The minimum atomic E-state index is -0.388. The van der Waals surface area contributed by atoms with Gasteiger partial charge in [-0.1, -0.05) is 0 Å². The van der Waals surface area contributed by atoms with E-state index in [-0.39, 0.29) is 17.2 Å². The molecule has 0 atom stereocenters. The molecular formula is C15H16FNO2S. The van der Waals surface area contributed by atoms with E-state index in [4.69, 9.17) is 4.74 Å². The first-order valence-electron chi connectivity index (χ1n) is 6.32. The fourth-order valence-corrected chi connectivity index (χ4v) is 2.63. The Morgan fingerprint density at radius 1 is 1.40 bits per heavy atom. The Morgan fingerprint density at radius 2 is 2.15 bits per heavy atom. The zero-order valence-corrected chi connectivity index (χ0v) is 12.5. The van der Waals surface area contributed by atoms with Gasteiger partial charge in [-0.05, 0) is 38.5 Å². The number of ether oxygens (including phenoxy) is 1. The number of carbonyl (C=O) groups is 1. The predicted molar refractivity (Wildman–Crippen MR) is 77.2 cm³/mol. The van der Waals surface area contributed by atoms with E-state index < -0.39 is 0 Å². The topological polar surface area (TPSA) is 39.2 Å². The highest BCUT2D eigenvalue weighted by molar-refractivity contribution is 7.09. The van der Waals surface area contributed by atoms with Gasteiger partial charge < -0.3 is 4.74 Å². The third kappa shape index (κ3) is 3.22. The summed E-state index contributed by atoms with van der Waals surface area (Å²) in [6, 6.07) is 2.82. The molecule has 0 amide bonds. The maximum Gasteiger partial charge on any atom is 0.163 e. The van der Waals surface area contributed by atoms with Gasteiger partial charge in [-0.25, -0.2) is 9.37 Å². The molecule has 2 aromatic rings. The van der Waals surface area contributed by atoms with Crippen molar-refractivity contribution in [3.63, 3.8) is 0 Å². The number of hydrogen-bond acceptors (Lipinski definition) is 4. The van der Waals surface area contributed by atoms with E-state index in [1.165, 1.54) is 13.0 Å². The third-order valence-corrected chi connectivity index (χ3v) is 4.07. The molecular weight excluding hydrogens is 277 g/mol. The molecule has 0 aliphatic heterocycles. The Morgan fingerprint density at radius 3 is 2.75 bits per heavy atom. The molecule has 0 saturated carbocycles. The Hall–Kier alpha value is -1.75. The number of carbonyl (C=O) groups excluding carboxylic acids is 1. The zero-order chi connectivity index (χ0) is 14.7. The van der Waals surface area contributed by atoms with Crippen molar-refractivity contribution in [1.29, 1.82) is 0 Å². The van der Waals surface area contributed by atoms with Gasteiger partial charge in [0.1, 0.15) is 11.6 Å². The normalized spacial score (nSPS) is 10.6. The summed E-state index contributed by atoms with van der Waals surface area (Å²) in [5.74, 6) is -0.146. The summed E-state index contributed by atoms with van der Waals surface area (Å²) in [6.45, 7) is 5.45. The summed E-state index contributed by atoms with van der Waals surface area (Å²) >= 11 is 1.58. The summed E-state index contributed by atoms with van der Waals surface area (Å²) < 4.78 is 19.2.